The standard InChI is InChI=1S/C63H42N4.C39H25ClN4.C24H19BO2/c1-3-15-43(16-4-1)49-19-11-21-51(39-49)45-31-35-47(36-32-45)61-64-62(66-63(65-61)55-25-14-26-56(42-55)67-59-29-9-7-27-57(59)58-28-8-10-30-60(58)67)48-37-33-46(34-38-48)52-22-13-24-54(41-52)53-23-12-20-50(40-53)44-17-5-2-6-18-44;40-39-42-37(28-22-20-27(21-23-28)30-13-8-12-29(24-30)26-10-2-1-3-11-26)41-38(43-39)31-14-9-15-32(25-31)44-35-18-6-4-16-33(35)34-17-5-7-19-36(34)44;26-25(27)24-14-12-19(13-15-24)21-9-5-11-23(17-21)22-10-4-8-20(16-22)18-6-2-1-3-7-18/h1-42H;1-25H;1-17,26-27H. The van der Waals surface area contributed by atoms with E-state index in [2.05, 4.69) is 468 Å². The van der Waals surface area contributed by atoms with E-state index in [1.807, 2.05) is 48.5 Å². The molecule has 2 N–H and O–H groups in total. The van der Waals surface area contributed by atoms with Gasteiger partial charge in [0, 0.05) is 60.7 Å². The molecular weight excluding hydrogens is 1700 g/mol. The number of halogens is 1. The van der Waals surface area contributed by atoms with Crippen LogP contribution in [0.1, 0.15) is 0 Å². The predicted molar refractivity (Wildman–Crippen MR) is 571 cm³/mol. The average Bonchev–Trinajstić information content (AvgIpc) is 1.59. The van der Waals surface area contributed by atoms with Gasteiger partial charge in [-0.05, 0) is 213 Å². The van der Waals surface area contributed by atoms with Crippen LogP contribution >= 0.6 is 11.6 Å². The van der Waals surface area contributed by atoms with E-state index in [1.54, 1.807) is 12.1 Å². The number of hydrogen-bond acceptors (Lipinski definition) is 8. The SMILES string of the molecule is Clc1nc(-c2ccc(-c3cccc(-c4ccccc4)c3)cc2)nc(-c2cccc(-n3c4ccccc4c4ccccc43)c2)n1.OB(O)c1ccc(-c2cccc(-c3cccc(-c4ccccc4)c3)c2)cc1.c1ccc(-c2cccc(-c3ccc(-c4nc(-c5ccc(-c6cccc(-c7cccc(-c8ccccc8)c7)c6)cc5)nc(-c5cccc(-n6c7ccccc7c7ccccc76)c5)n4)cc3)c2)cc1. The summed E-state index contributed by atoms with van der Waals surface area (Å²) >= 11 is 6.48. The van der Waals surface area contributed by atoms with Gasteiger partial charge in [0.15, 0.2) is 29.1 Å². The van der Waals surface area contributed by atoms with E-state index in [-0.39, 0.29) is 5.28 Å². The van der Waals surface area contributed by atoms with Gasteiger partial charge in [0.1, 0.15) is 0 Å². The summed E-state index contributed by atoms with van der Waals surface area (Å²) in [6.45, 7) is 0. The Labute approximate surface area is 805 Å². The first kappa shape index (κ1) is 85.8. The summed E-state index contributed by atoms with van der Waals surface area (Å²) in [7, 11) is -1.44. The molecule has 0 radical (unpaired) electrons. The molecule has 138 heavy (non-hydrogen) atoms. The lowest BCUT2D eigenvalue weighted by Gasteiger charge is -2.12. The Balaban J connectivity index is 0.000000132. The minimum atomic E-state index is -1.44. The Morgan fingerprint density at radius 3 is 0.601 bits per heavy atom. The molecule has 12 heteroatoms. The topological polar surface area (TPSA) is 128 Å². The Morgan fingerprint density at radius 1 is 0.159 bits per heavy atom. The monoisotopic (exact) mass is 1790 g/mol. The maximum Gasteiger partial charge on any atom is 0.488 e. The molecule has 0 amide bonds. The second-order valence-electron chi connectivity index (χ2n) is 34.1. The Morgan fingerprint density at radius 2 is 0.341 bits per heavy atom. The van der Waals surface area contributed by atoms with Crippen molar-refractivity contribution in [2.24, 2.45) is 0 Å². The third kappa shape index (κ3) is 18.3. The van der Waals surface area contributed by atoms with Gasteiger partial charge in [-0.15, -0.1) is 0 Å². The van der Waals surface area contributed by atoms with E-state index in [0.29, 0.717) is 34.6 Å². The van der Waals surface area contributed by atoms with Gasteiger partial charge < -0.3 is 19.2 Å². The molecule has 652 valence electrons. The average molecular weight is 1790 g/mol. The van der Waals surface area contributed by atoms with Crippen molar-refractivity contribution in [3.05, 3.63) is 515 Å². The van der Waals surface area contributed by atoms with Crippen molar-refractivity contribution in [2.45, 2.75) is 0 Å². The van der Waals surface area contributed by atoms with Crippen molar-refractivity contribution in [2.75, 3.05) is 0 Å². The van der Waals surface area contributed by atoms with Crippen molar-refractivity contribution in [3.8, 4) is 180 Å². The van der Waals surface area contributed by atoms with Gasteiger partial charge >= 0.3 is 7.12 Å². The zero-order chi connectivity index (χ0) is 92.6. The first-order valence-electron chi connectivity index (χ1n) is 46.1. The minimum Gasteiger partial charge on any atom is -0.423 e. The summed E-state index contributed by atoms with van der Waals surface area (Å²) < 4.78 is 4.61. The van der Waals surface area contributed by atoms with Crippen LogP contribution in [0.4, 0.5) is 0 Å². The second-order valence-corrected chi connectivity index (χ2v) is 34.4. The summed E-state index contributed by atoms with van der Waals surface area (Å²) in [5, 5.41) is 23.5. The lowest BCUT2D eigenvalue weighted by atomic mass is 9.80. The van der Waals surface area contributed by atoms with E-state index >= 15 is 0 Å². The lowest BCUT2D eigenvalue weighted by Crippen LogP contribution is -2.29. The summed E-state index contributed by atoms with van der Waals surface area (Å²) in [5.41, 5.74) is 34.8. The molecule has 0 aliphatic heterocycles. The van der Waals surface area contributed by atoms with E-state index in [1.165, 1.54) is 82.7 Å². The molecule has 0 aliphatic rings. The van der Waals surface area contributed by atoms with Gasteiger partial charge in [-0.3, -0.25) is 0 Å². The molecule has 0 fully saturated rings. The second kappa shape index (κ2) is 38.8. The van der Waals surface area contributed by atoms with Crippen molar-refractivity contribution < 1.29 is 10.0 Å². The van der Waals surface area contributed by atoms with Crippen LogP contribution in [0.2, 0.25) is 5.28 Å². The highest BCUT2D eigenvalue weighted by Crippen LogP contribution is 2.41. The van der Waals surface area contributed by atoms with Crippen molar-refractivity contribution in [1.82, 2.24) is 39.0 Å². The Bertz CT molecular complexity index is 8430. The first-order chi connectivity index (χ1) is 68.1. The predicted octanol–water partition coefficient (Wildman–Crippen LogP) is 31.0. The molecule has 0 saturated carbocycles. The molecule has 0 unspecified atom stereocenters. The van der Waals surface area contributed by atoms with E-state index in [4.69, 9.17) is 31.5 Å². The molecule has 24 aromatic rings. The fraction of sp³-hybridized carbons (Fsp3) is 0. The molecule has 0 spiro atoms. The van der Waals surface area contributed by atoms with E-state index in [0.717, 1.165) is 111 Å². The van der Waals surface area contributed by atoms with E-state index < -0.39 is 7.12 Å². The molecule has 10 nitrogen and oxygen atoms in total. The van der Waals surface area contributed by atoms with Crippen LogP contribution < -0.4 is 5.46 Å². The normalized spacial score (nSPS) is 11.2. The fourth-order valence-corrected chi connectivity index (χ4v) is 18.6. The highest BCUT2D eigenvalue weighted by Gasteiger charge is 2.21. The largest absolute Gasteiger partial charge is 0.488 e. The number of aromatic nitrogens is 8. The fourth-order valence-electron chi connectivity index (χ4n) is 18.4. The zero-order valence-electron chi connectivity index (χ0n) is 74.9. The number of nitrogens with zero attached hydrogens (tertiary/aromatic N) is 8. The Hall–Kier alpha value is -17.7. The van der Waals surface area contributed by atoms with Gasteiger partial charge in [-0.1, -0.05) is 425 Å². The van der Waals surface area contributed by atoms with Crippen molar-refractivity contribution in [3.63, 3.8) is 0 Å². The van der Waals surface area contributed by atoms with Crippen LogP contribution in [-0.2, 0) is 0 Å². The molecule has 0 atom stereocenters. The summed E-state index contributed by atoms with van der Waals surface area (Å²) in [6.07, 6.45) is 0. The van der Waals surface area contributed by atoms with Crippen molar-refractivity contribution in [1.29, 1.82) is 0 Å². The molecule has 20 aromatic carbocycles. The number of rotatable bonds is 18. The van der Waals surface area contributed by atoms with Crippen LogP contribution in [0.5, 0.6) is 0 Å². The highest BCUT2D eigenvalue weighted by molar-refractivity contribution is 6.58. The molecule has 4 aromatic heterocycles. The molecular formula is C126H86BClN8O2. The number of benzene rings is 20. The lowest BCUT2D eigenvalue weighted by molar-refractivity contribution is 0.426. The quantitative estimate of drug-likeness (QED) is 0.0813. The first-order valence-corrected chi connectivity index (χ1v) is 46.5. The molecule has 0 aliphatic carbocycles. The zero-order valence-corrected chi connectivity index (χ0v) is 75.7. The highest BCUT2D eigenvalue weighted by atomic mass is 35.5. The minimum absolute atomic E-state index is 0.159. The van der Waals surface area contributed by atoms with E-state index in [9.17, 15) is 10.0 Å². The maximum absolute atomic E-state index is 9.25. The van der Waals surface area contributed by atoms with Gasteiger partial charge in [-0.25, -0.2) is 19.9 Å². The summed E-state index contributed by atoms with van der Waals surface area (Å²) in [6, 6.07) is 177. The number of para-hydroxylation sites is 4. The van der Waals surface area contributed by atoms with Gasteiger partial charge in [0.2, 0.25) is 5.28 Å². The van der Waals surface area contributed by atoms with Gasteiger partial charge in [0.05, 0.1) is 22.1 Å². The third-order valence-electron chi connectivity index (χ3n) is 25.4. The van der Waals surface area contributed by atoms with Crippen LogP contribution in [0.15, 0.2) is 510 Å². The number of fused-ring (bicyclic) bond motifs is 6. The molecule has 24 rings (SSSR count). The smallest absolute Gasteiger partial charge is 0.423 e. The summed E-state index contributed by atoms with van der Waals surface area (Å²) in [5.74, 6) is 2.90. The van der Waals surface area contributed by atoms with Crippen LogP contribution in [-0.4, -0.2) is 56.2 Å². The Kier molecular flexibility index (Phi) is 24.1. The van der Waals surface area contributed by atoms with Gasteiger partial charge in [0.25, 0.3) is 0 Å². The summed E-state index contributed by atoms with van der Waals surface area (Å²) in [4.78, 5) is 29.4. The maximum atomic E-state index is 9.25. The van der Waals surface area contributed by atoms with Crippen LogP contribution in [0.25, 0.3) is 223 Å². The van der Waals surface area contributed by atoms with Crippen LogP contribution in [0, 0.1) is 0 Å². The van der Waals surface area contributed by atoms with Crippen molar-refractivity contribution >= 4 is 67.8 Å². The van der Waals surface area contributed by atoms with Gasteiger partial charge in [-0.2, -0.15) is 9.97 Å². The van der Waals surface area contributed by atoms with Crippen LogP contribution in [0.3, 0.4) is 0 Å². The molecule has 4 heterocycles. The third-order valence-corrected chi connectivity index (χ3v) is 25.5. The molecule has 0 saturated heterocycles. The number of hydrogen-bond donors (Lipinski definition) is 2. The molecule has 0 bridgehead atoms.